The Morgan fingerprint density at radius 2 is 2.26 bits per heavy atom. The summed E-state index contributed by atoms with van der Waals surface area (Å²) in [5.74, 6) is 0.763. The molecule has 118 valence electrons. The molecular formula is C17H20N6. The molecule has 3 heterocycles. The number of guanidine groups is 1. The quantitative estimate of drug-likeness (QED) is 0.798. The van der Waals surface area contributed by atoms with Gasteiger partial charge in [-0.25, -0.2) is 4.99 Å². The maximum absolute atomic E-state index is 4.52. The molecule has 0 aliphatic carbocycles. The van der Waals surface area contributed by atoms with Gasteiger partial charge in [0.15, 0.2) is 0 Å². The zero-order valence-corrected chi connectivity index (χ0v) is 13.2. The van der Waals surface area contributed by atoms with Gasteiger partial charge in [-0.1, -0.05) is 6.08 Å². The van der Waals surface area contributed by atoms with E-state index in [4.69, 9.17) is 0 Å². The highest BCUT2D eigenvalue weighted by atomic mass is 15.3. The predicted octanol–water partition coefficient (Wildman–Crippen LogP) is 2.77. The van der Waals surface area contributed by atoms with Crippen molar-refractivity contribution in [2.24, 2.45) is 4.99 Å². The average Bonchev–Trinajstić information content (AvgIpc) is 3.01. The fraction of sp³-hybridized carbons (Fsp3) is 0.294. The Morgan fingerprint density at radius 3 is 3.13 bits per heavy atom. The molecule has 6 nitrogen and oxygen atoms in total. The van der Waals surface area contributed by atoms with Gasteiger partial charge in [-0.05, 0) is 50.2 Å². The fourth-order valence-corrected chi connectivity index (χ4v) is 2.99. The largest absolute Gasteiger partial charge is 0.352 e. The van der Waals surface area contributed by atoms with Crippen LogP contribution in [-0.4, -0.2) is 33.3 Å². The van der Waals surface area contributed by atoms with E-state index in [0.717, 1.165) is 29.0 Å². The Morgan fingerprint density at radius 1 is 1.35 bits per heavy atom. The lowest BCUT2D eigenvalue weighted by Crippen LogP contribution is -2.53. The number of rotatable bonds is 2. The van der Waals surface area contributed by atoms with Crippen molar-refractivity contribution in [3.63, 3.8) is 0 Å². The first-order valence-electron chi connectivity index (χ1n) is 7.88. The first kappa shape index (κ1) is 13.9. The molecule has 1 atom stereocenters. The van der Waals surface area contributed by atoms with Crippen LogP contribution in [0.5, 0.6) is 0 Å². The minimum atomic E-state index is 0.163. The summed E-state index contributed by atoms with van der Waals surface area (Å²) < 4.78 is 0. The summed E-state index contributed by atoms with van der Waals surface area (Å²) in [6.45, 7) is 4.39. The first-order valence-corrected chi connectivity index (χ1v) is 7.88. The van der Waals surface area contributed by atoms with E-state index in [2.05, 4.69) is 56.8 Å². The molecule has 0 radical (unpaired) electrons. The minimum absolute atomic E-state index is 0.163. The van der Waals surface area contributed by atoms with Gasteiger partial charge in [0.1, 0.15) is 6.17 Å². The molecular weight excluding hydrogens is 288 g/mol. The Kier molecular flexibility index (Phi) is 3.29. The third kappa shape index (κ3) is 2.56. The Hall–Kier alpha value is -2.76. The van der Waals surface area contributed by atoms with E-state index in [1.165, 1.54) is 5.57 Å². The molecule has 0 saturated carbocycles. The van der Waals surface area contributed by atoms with Crippen LogP contribution in [0.2, 0.25) is 0 Å². The van der Waals surface area contributed by atoms with E-state index in [1.807, 2.05) is 30.6 Å². The number of aromatic amines is 1. The van der Waals surface area contributed by atoms with Gasteiger partial charge in [-0.2, -0.15) is 5.10 Å². The molecule has 23 heavy (non-hydrogen) atoms. The topological polar surface area (TPSA) is 68.3 Å². The molecule has 0 fully saturated rings. The van der Waals surface area contributed by atoms with E-state index in [0.29, 0.717) is 6.04 Å². The standard InChI is InChI=1S/C17H20N6/c1-11(2)23-7-3-4-13-9-18-17(21-16(13)23)20-14-6-5-12-10-19-22-15(12)8-14/h3,5-11,16H,4H2,1-2H3,(H,19,22)(H2,18,20,21). The van der Waals surface area contributed by atoms with Crippen LogP contribution in [-0.2, 0) is 0 Å². The number of hydrogen-bond donors (Lipinski definition) is 3. The number of H-pyrrole nitrogens is 1. The molecule has 1 unspecified atom stereocenters. The van der Waals surface area contributed by atoms with Crippen molar-refractivity contribution in [2.75, 3.05) is 5.32 Å². The molecule has 6 heteroatoms. The Labute approximate surface area is 135 Å². The molecule has 1 aromatic carbocycles. The molecule has 0 spiro atoms. The number of benzene rings is 1. The highest BCUT2D eigenvalue weighted by Gasteiger charge is 2.27. The van der Waals surface area contributed by atoms with E-state index >= 15 is 0 Å². The third-order valence-electron chi connectivity index (χ3n) is 4.21. The number of nitrogens with zero attached hydrogens (tertiary/aromatic N) is 3. The predicted molar refractivity (Wildman–Crippen MR) is 92.9 cm³/mol. The number of hydrogen-bond acceptors (Lipinski definition) is 5. The van der Waals surface area contributed by atoms with Crippen molar-refractivity contribution in [2.45, 2.75) is 32.5 Å². The zero-order valence-electron chi connectivity index (χ0n) is 13.2. The number of aliphatic imine (C=N–C) groups is 1. The number of allylic oxidation sites excluding steroid dienone is 1. The maximum atomic E-state index is 4.52. The van der Waals surface area contributed by atoms with E-state index in [9.17, 15) is 0 Å². The molecule has 4 rings (SSSR count). The van der Waals surface area contributed by atoms with Gasteiger partial charge in [0.05, 0.1) is 11.7 Å². The van der Waals surface area contributed by atoms with Gasteiger partial charge in [-0.3, -0.25) is 5.10 Å². The second-order valence-corrected chi connectivity index (χ2v) is 6.16. The monoisotopic (exact) mass is 308 g/mol. The van der Waals surface area contributed by atoms with Gasteiger partial charge in [-0.15, -0.1) is 0 Å². The second kappa shape index (κ2) is 5.46. The summed E-state index contributed by atoms with van der Waals surface area (Å²) in [5.41, 5.74) is 3.27. The molecule has 2 aliphatic heterocycles. The van der Waals surface area contributed by atoms with Crippen LogP contribution in [0.1, 0.15) is 20.3 Å². The highest BCUT2D eigenvalue weighted by molar-refractivity contribution is 5.96. The van der Waals surface area contributed by atoms with Crippen molar-refractivity contribution in [3.8, 4) is 0 Å². The van der Waals surface area contributed by atoms with Crippen LogP contribution < -0.4 is 10.6 Å². The molecule has 3 N–H and O–H groups in total. The highest BCUT2D eigenvalue weighted by Crippen LogP contribution is 2.24. The van der Waals surface area contributed by atoms with Crippen LogP contribution in [0, 0.1) is 0 Å². The van der Waals surface area contributed by atoms with E-state index in [1.54, 1.807) is 0 Å². The van der Waals surface area contributed by atoms with Gasteiger partial charge >= 0.3 is 0 Å². The van der Waals surface area contributed by atoms with Gasteiger partial charge in [0.25, 0.3) is 0 Å². The van der Waals surface area contributed by atoms with Crippen LogP contribution in [0.4, 0.5) is 5.69 Å². The lowest BCUT2D eigenvalue weighted by Gasteiger charge is -2.40. The van der Waals surface area contributed by atoms with E-state index < -0.39 is 0 Å². The summed E-state index contributed by atoms with van der Waals surface area (Å²) in [7, 11) is 0. The van der Waals surface area contributed by atoms with Gasteiger partial charge in [0, 0.05) is 23.3 Å². The van der Waals surface area contributed by atoms with Crippen molar-refractivity contribution >= 4 is 22.5 Å². The van der Waals surface area contributed by atoms with Gasteiger partial charge < -0.3 is 15.5 Å². The first-order chi connectivity index (χ1) is 11.2. The molecule has 2 aliphatic rings. The van der Waals surface area contributed by atoms with Crippen molar-refractivity contribution in [1.82, 2.24) is 20.4 Å². The molecule has 0 saturated heterocycles. The third-order valence-corrected chi connectivity index (χ3v) is 4.21. The summed E-state index contributed by atoms with van der Waals surface area (Å²) in [6.07, 6.45) is 9.24. The second-order valence-electron chi connectivity index (χ2n) is 6.16. The average molecular weight is 308 g/mol. The molecule has 0 bridgehead atoms. The number of aromatic nitrogens is 2. The molecule has 1 aromatic heterocycles. The van der Waals surface area contributed by atoms with Crippen molar-refractivity contribution < 1.29 is 0 Å². The lowest BCUT2D eigenvalue weighted by molar-refractivity contribution is 0.228. The number of fused-ring (bicyclic) bond motifs is 2. The minimum Gasteiger partial charge on any atom is -0.352 e. The normalized spacial score (nSPS) is 20.1. The number of anilines is 1. The SMILES string of the molecule is CC(C)N1C=CCC2=CN=C(Nc3ccc4cn[nH]c4c3)NC21. The molecule has 2 aromatic rings. The maximum Gasteiger partial charge on any atom is 0.202 e. The van der Waals surface area contributed by atoms with Crippen LogP contribution >= 0.6 is 0 Å². The summed E-state index contributed by atoms with van der Waals surface area (Å²) in [6, 6.07) is 6.53. The summed E-state index contributed by atoms with van der Waals surface area (Å²) >= 11 is 0. The van der Waals surface area contributed by atoms with E-state index in [-0.39, 0.29) is 6.17 Å². The molecule has 0 amide bonds. The van der Waals surface area contributed by atoms with Crippen LogP contribution in [0.3, 0.4) is 0 Å². The number of nitrogens with one attached hydrogen (secondary N) is 3. The summed E-state index contributed by atoms with van der Waals surface area (Å²) in [5, 5.41) is 15.0. The lowest BCUT2D eigenvalue weighted by atomic mass is 10.0. The Balaban J connectivity index is 1.56. The fourth-order valence-electron chi connectivity index (χ4n) is 2.99. The smallest absolute Gasteiger partial charge is 0.202 e. The Bertz CT molecular complexity index is 813. The van der Waals surface area contributed by atoms with Crippen LogP contribution in [0.15, 0.2) is 53.4 Å². The van der Waals surface area contributed by atoms with Crippen molar-refractivity contribution in [3.05, 3.63) is 48.4 Å². The van der Waals surface area contributed by atoms with Crippen molar-refractivity contribution in [1.29, 1.82) is 0 Å². The summed E-state index contributed by atoms with van der Waals surface area (Å²) in [4.78, 5) is 6.83. The zero-order chi connectivity index (χ0) is 15.8. The van der Waals surface area contributed by atoms with Crippen LogP contribution in [0.25, 0.3) is 10.9 Å². The van der Waals surface area contributed by atoms with Gasteiger partial charge in [0.2, 0.25) is 5.96 Å².